The summed E-state index contributed by atoms with van der Waals surface area (Å²) in [6, 6.07) is 5.89. The third-order valence-corrected chi connectivity index (χ3v) is 3.87. The first-order valence-electron chi connectivity index (χ1n) is 8.85. The molecule has 1 aromatic carbocycles. The number of benzene rings is 1. The minimum absolute atomic E-state index is 0. The van der Waals surface area contributed by atoms with Gasteiger partial charge in [-0.3, -0.25) is 4.99 Å². The number of methoxy groups -OCH3 is 3. The van der Waals surface area contributed by atoms with Crippen molar-refractivity contribution in [2.24, 2.45) is 4.99 Å². The Morgan fingerprint density at radius 1 is 1.12 bits per heavy atom. The van der Waals surface area contributed by atoms with E-state index in [1.165, 1.54) is 0 Å². The minimum Gasteiger partial charge on any atom is -0.497 e. The Labute approximate surface area is 175 Å². The Bertz CT molecular complexity index is 527. The van der Waals surface area contributed by atoms with Crippen molar-refractivity contribution in [2.75, 3.05) is 48.1 Å². The van der Waals surface area contributed by atoms with Gasteiger partial charge in [0.05, 0.1) is 14.2 Å². The summed E-state index contributed by atoms with van der Waals surface area (Å²) in [6.07, 6.45) is 3.28. The van der Waals surface area contributed by atoms with Gasteiger partial charge < -0.3 is 24.4 Å². The second-order valence-electron chi connectivity index (χ2n) is 5.82. The van der Waals surface area contributed by atoms with Gasteiger partial charge in [-0.05, 0) is 38.3 Å². The van der Waals surface area contributed by atoms with E-state index >= 15 is 0 Å². The molecule has 1 N–H and O–H groups in total. The van der Waals surface area contributed by atoms with Crippen molar-refractivity contribution in [3.8, 4) is 11.5 Å². The van der Waals surface area contributed by atoms with Crippen LogP contribution < -0.4 is 14.8 Å². The molecule has 1 rings (SSSR count). The van der Waals surface area contributed by atoms with Gasteiger partial charge in [0.25, 0.3) is 0 Å². The fourth-order valence-electron chi connectivity index (χ4n) is 2.50. The fourth-order valence-corrected chi connectivity index (χ4v) is 2.50. The summed E-state index contributed by atoms with van der Waals surface area (Å²) in [5, 5.41) is 3.35. The number of halogens is 1. The average Bonchev–Trinajstić information content (AvgIpc) is 2.63. The predicted molar refractivity (Wildman–Crippen MR) is 118 cm³/mol. The quantitative estimate of drug-likeness (QED) is 0.228. The maximum Gasteiger partial charge on any atom is 0.193 e. The van der Waals surface area contributed by atoms with Crippen LogP contribution in [0.1, 0.15) is 31.7 Å². The second kappa shape index (κ2) is 14.9. The van der Waals surface area contributed by atoms with Crippen molar-refractivity contribution >= 4 is 29.9 Å². The number of hydrogen-bond donors (Lipinski definition) is 1. The SMILES string of the molecule is CCNC(=NCCCCCOC)N(C)Cc1ccc(OC)cc1OC.I. The lowest BCUT2D eigenvalue weighted by Crippen LogP contribution is -2.38. The number of rotatable bonds is 11. The molecule has 26 heavy (non-hydrogen) atoms. The van der Waals surface area contributed by atoms with Gasteiger partial charge in [0.15, 0.2) is 5.96 Å². The zero-order chi connectivity index (χ0) is 18.5. The monoisotopic (exact) mass is 479 g/mol. The van der Waals surface area contributed by atoms with Crippen LogP contribution in [0.3, 0.4) is 0 Å². The van der Waals surface area contributed by atoms with Gasteiger partial charge in [-0.25, -0.2) is 0 Å². The van der Waals surface area contributed by atoms with Crippen LogP contribution in [0.5, 0.6) is 11.5 Å². The van der Waals surface area contributed by atoms with E-state index in [-0.39, 0.29) is 24.0 Å². The van der Waals surface area contributed by atoms with Crippen LogP contribution in [0.2, 0.25) is 0 Å². The first kappa shape index (κ1) is 24.8. The molecule has 0 aliphatic rings. The molecular weight excluding hydrogens is 445 g/mol. The van der Waals surface area contributed by atoms with Crippen molar-refractivity contribution in [1.82, 2.24) is 10.2 Å². The highest BCUT2D eigenvalue weighted by Crippen LogP contribution is 2.25. The molecule has 0 spiro atoms. The highest BCUT2D eigenvalue weighted by Gasteiger charge is 2.11. The number of aliphatic imine (C=N–C) groups is 1. The second-order valence-corrected chi connectivity index (χ2v) is 5.82. The standard InChI is InChI=1S/C19H33N3O3.HI/c1-6-20-19(21-12-8-7-9-13-23-3)22(2)15-16-10-11-17(24-4)14-18(16)25-5;/h10-11,14H,6-9,12-13,15H2,1-5H3,(H,20,21);1H. The zero-order valence-electron chi connectivity index (χ0n) is 16.7. The van der Waals surface area contributed by atoms with Crippen LogP contribution in [0.25, 0.3) is 0 Å². The van der Waals surface area contributed by atoms with E-state index < -0.39 is 0 Å². The molecule has 0 fully saturated rings. The van der Waals surface area contributed by atoms with Gasteiger partial charge in [-0.15, -0.1) is 24.0 Å². The molecule has 0 saturated carbocycles. The molecule has 0 saturated heterocycles. The Kier molecular flexibility index (Phi) is 14.2. The smallest absolute Gasteiger partial charge is 0.193 e. The van der Waals surface area contributed by atoms with Crippen molar-refractivity contribution in [3.63, 3.8) is 0 Å². The van der Waals surface area contributed by atoms with Gasteiger partial charge in [0.1, 0.15) is 11.5 Å². The maximum atomic E-state index is 5.49. The van der Waals surface area contributed by atoms with Crippen molar-refractivity contribution in [2.45, 2.75) is 32.7 Å². The molecule has 0 aliphatic carbocycles. The first-order chi connectivity index (χ1) is 12.2. The van der Waals surface area contributed by atoms with E-state index in [9.17, 15) is 0 Å². The van der Waals surface area contributed by atoms with E-state index in [2.05, 4.69) is 17.1 Å². The fraction of sp³-hybridized carbons (Fsp3) is 0.632. The normalized spacial score (nSPS) is 10.9. The number of ether oxygens (including phenoxy) is 3. The molecule has 150 valence electrons. The lowest BCUT2D eigenvalue weighted by Gasteiger charge is -2.23. The zero-order valence-corrected chi connectivity index (χ0v) is 19.0. The van der Waals surface area contributed by atoms with Crippen LogP contribution in [-0.4, -0.2) is 58.9 Å². The molecule has 0 bridgehead atoms. The summed E-state index contributed by atoms with van der Waals surface area (Å²) in [7, 11) is 7.11. The number of unbranched alkanes of at least 4 members (excludes halogenated alkanes) is 2. The van der Waals surface area contributed by atoms with Crippen molar-refractivity contribution in [1.29, 1.82) is 0 Å². The number of guanidine groups is 1. The Morgan fingerprint density at radius 3 is 2.50 bits per heavy atom. The topological polar surface area (TPSA) is 55.3 Å². The van der Waals surface area contributed by atoms with E-state index in [1.54, 1.807) is 21.3 Å². The van der Waals surface area contributed by atoms with E-state index in [0.717, 1.165) is 62.0 Å². The first-order valence-corrected chi connectivity index (χ1v) is 8.85. The summed E-state index contributed by atoms with van der Waals surface area (Å²) < 4.78 is 15.8. The minimum atomic E-state index is 0. The summed E-state index contributed by atoms with van der Waals surface area (Å²) in [6.45, 7) is 5.27. The van der Waals surface area contributed by atoms with Crippen LogP contribution in [0.4, 0.5) is 0 Å². The van der Waals surface area contributed by atoms with Gasteiger partial charge >= 0.3 is 0 Å². The van der Waals surface area contributed by atoms with E-state index in [0.29, 0.717) is 6.54 Å². The van der Waals surface area contributed by atoms with Gasteiger partial charge in [0, 0.05) is 52.0 Å². The number of hydrogen-bond acceptors (Lipinski definition) is 4. The molecule has 0 aromatic heterocycles. The molecule has 0 amide bonds. The Hall–Kier alpha value is -1.22. The highest BCUT2D eigenvalue weighted by atomic mass is 127. The van der Waals surface area contributed by atoms with Crippen LogP contribution >= 0.6 is 24.0 Å². The molecule has 0 unspecified atom stereocenters. The van der Waals surface area contributed by atoms with Gasteiger partial charge in [0.2, 0.25) is 0 Å². The van der Waals surface area contributed by atoms with Crippen LogP contribution in [0, 0.1) is 0 Å². The number of nitrogens with one attached hydrogen (secondary N) is 1. The molecule has 0 heterocycles. The van der Waals surface area contributed by atoms with E-state index in [1.807, 2.05) is 25.2 Å². The largest absolute Gasteiger partial charge is 0.497 e. The molecular formula is C19H34IN3O3. The summed E-state index contributed by atoms with van der Waals surface area (Å²) >= 11 is 0. The molecule has 7 heteroatoms. The molecule has 0 aliphatic heterocycles. The lowest BCUT2D eigenvalue weighted by atomic mass is 10.2. The third-order valence-electron chi connectivity index (χ3n) is 3.87. The van der Waals surface area contributed by atoms with Crippen LogP contribution in [-0.2, 0) is 11.3 Å². The maximum absolute atomic E-state index is 5.49. The van der Waals surface area contributed by atoms with Gasteiger partial charge in [-0.2, -0.15) is 0 Å². The average molecular weight is 479 g/mol. The summed E-state index contributed by atoms with van der Waals surface area (Å²) in [5.41, 5.74) is 1.09. The Balaban J connectivity index is 0.00000625. The predicted octanol–water partition coefficient (Wildman–Crippen LogP) is 3.54. The highest BCUT2D eigenvalue weighted by molar-refractivity contribution is 14.0. The van der Waals surface area contributed by atoms with Crippen LogP contribution in [0.15, 0.2) is 23.2 Å². The number of nitrogens with zero attached hydrogens (tertiary/aromatic N) is 2. The van der Waals surface area contributed by atoms with E-state index in [4.69, 9.17) is 19.2 Å². The summed E-state index contributed by atoms with van der Waals surface area (Å²) in [4.78, 5) is 6.84. The Morgan fingerprint density at radius 2 is 1.88 bits per heavy atom. The molecule has 0 radical (unpaired) electrons. The molecule has 0 atom stereocenters. The van der Waals surface area contributed by atoms with Crippen molar-refractivity contribution in [3.05, 3.63) is 23.8 Å². The molecule has 1 aromatic rings. The lowest BCUT2D eigenvalue weighted by molar-refractivity contribution is 0.192. The molecule has 6 nitrogen and oxygen atoms in total. The van der Waals surface area contributed by atoms with Gasteiger partial charge in [-0.1, -0.05) is 0 Å². The summed E-state index contributed by atoms with van der Waals surface area (Å²) in [5.74, 6) is 2.52. The third kappa shape index (κ3) is 8.93. The van der Waals surface area contributed by atoms with Crippen molar-refractivity contribution < 1.29 is 14.2 Å².